The molecule has 0 aromatic heterocycles. The molecule has 0 saturated heterocycles. The van der Waals surface area contributed by atoms with Gasteiger partial charge in [-0.2, -0.15) is 0 Å². The van der Waals surface area contributed by atoms with Crippen LogP contribution in [0.25, 0.3) is 0 Å². The summed E-state index contributed by atoms with van der Waals surface area (Å²) in [6.07, 6.45) is 1.67. The molecule has 0 radical (unpaired) electrons. The third kappa shape index (κ3) is 2.64. The van der Waals surface area contributed by atoms with Crippen LogP contribution in [0.3, 0.4) is 0 Å². The van der Waals surface area contributed by atoms with Crippen molar-refractivity contribution in [1.29, 1.82) is 0 Å². The zero-order valence-electron chi connectivity index (χ0n) is 6.50. The number of rotatable bonds is 3. The number of hydrogen-bond donors (Lipinski definition) is 1. The van der Waals surface area contributed by atoms with E-state index in [-0.39, 0.29) is 5.91 Å². The maximum Gasteiger partial charge on any atom is 0.239 e. The number of carbonyl (C=O) groups excluding carboxylic acids is 1. The Hall–Kier alpha value is -0.830. The van der Waals surface area contributed by atoms with Crippen molar-refractivity contribution >= 4 is 5.91 Å². The van der Waals surface area contributed by atoms with Crippen LogP contribution in [0.15, 0.2) is 12.7 Å². The van der Waals surface area contributed by atoms with E-state index in [2.05, 4.69) is 6.58 Å². The fraction of sp³-hybridized carbons (Fsp3) is 0.571. The summed E-state index contributed by atoms with van der Waals surface area (Å²) in [4.78, 5) is 12.5. The Labute approximate surface area is 61.5 Å². The molecule has 58 valence electrons. The SMILES string of the molecule is C=CCN(C)C(=O)[C@@H](C)N. The van der Waals surface area contributed by atoms with Gasteiger partial charge in [0.15, 0.2) is 0 Å². The standard InChI is InChI=1S/C7H14N2O/c1-4-5-9(3)7(10)6(2)8/h4,6H,1,5,8H2,2-3H3/t6-/m1/s1. The van der Waals surface area contributed by atoms with E-state index in [0.717, 1.165) is 0 Å². The van der Waals surface area contributed by atoms with Gasteiger partial charge in [0.25, 0.3) is 0 Å². The minimum atomic E-state index is -0.412. The van der Waals surface area contributed by atoms with Crippen LogP contribution in [-0.4, -0.2) is 30.4 Å². The third-order valence-corrected chi connectivity index (χ3v) is 1.17. The molecule has 2 N–H and O–H groups in total. The highest BCUT2D eigenvalue weighted by molar-refractivity contribution is 5.80. The van der Waals surface area contributed by atoms with Crippen LogP contribution < -0.4 is 5.73 Å². The normalized spacial score (nSPS) is 12.3. The van der Waals surface area contributed by atoms with Gasteiger partial charge in [0.2, 0.25) is 5.91 Å². The first-order valence-corrected chi connectivity index (χ1v) is 3.21. The summed E-state index contributed by atoms with van der Waals surface area (Å²) in [5.74, 6) is -0.0556. The Morgan fingerprint density at radius 3 is 2.70 bits per heavy atom. The van der Waals surface area contributed by atoms with Gasteiger partial charge in [0.1, 0.15) is 0 Å². The minimum absolute atomic E-state index is 0.0556. The van der Waals surface area contributed by atoms with E-state index < -0.39 is 6.04 Å². The zero-order chi connectivity index (χ0) is 8.15. The van der Waals surface area contributed by atoms with Crippen molar-refractivity contribution in [2.24, 2.45) is 5.73 Å². The molecule has 10 heavy (non-hydrogen) atoms. The molecule has 1 atom stereocenters. The second kappa shape index (κ2) is 4.06. The van der Waals surface area contributed by atoms with Crippen LogP contribution in [0.2, 0.25) is 0 Å². The third-order valence-electron chi connectivity index (χ3n) is 1.17. The molecule has 3 heteroatoms. The van der Waals surface area contributed by atoms with Crippen LogP contribution in [0, 0.1) is 0 Å². The number of amides is 1. The van der Waals surface area contributed by atoms with Gasteiger partial charge < -0.3 is 10.6 Å². The summed E-state index contributed by atoms with van der Waals surface area (Å²) >= 11 is 0. The molecule has 0 fully saturated rings. The lowest BCUT2D eigenvalue weighted by molar-refractivity contribution is -0.130. The van der Waals surface area contributed by atoms with Crippen molar-refractivity contribution in [2.45, 2.75) is 13.0 Å². The molecule has 0 heterocycles. The molecule has 0 saturated carbocycles. The quantitative estimate of drug-likeness (QED) is 0.563. The molecule has 0 aromatic carbocycles. The van der Waals surface area contributed by atoms with Crippen molar-refractivity contribution in [2.75, 3.05) is 13.6 Å². The van der Waals surface area contributed by atoms with E-state index in [1.807, 2.05) is 0 Å². The van der Waals surface area contributed by atoms with Crippen molar-refractivity contribution in [1.82, 2.24) is 4.90 Å². The Kier molecular flexibility index (Phi) is 3.72. The zero-order valence-corrected chi connectivity index (χ0v) is 6.50. The van der Waals surface area contributed by atoms with Gasteiger partial charge in [0.05, 0.1) is 6.04 Å². The molecule has 0 aliphatic carbocycles. The topological polar surface area (TPSA) is 46.3 Å². The van der Waals surface area contributed by atoms with E-state index >= 15 is 0 Å². The van der Waals surface area contributed by atoms with Gasteiger partial charge in [-0.3, -0.25) is 4.79 Å². The van der Waals surface area contributed by atoms with Crippen LogP contribution in [-0.2, 0) is 4.79 Å². The average molecular weight is 142 g/mol. The lowest BCUT2D eigenvalue weighted by atomic mass is 10.3. The highest BCUT2D eigenvalue weighted by atomic mass is 16.2. The molecule has 0 unspecified atom stereocenters. The Morgan fingerprint density at radius 1 is 1.90 bits per heavy atom. The first kappa shape index (κ1) is 9.17. The fourth-order valence-electron chi connectivity index (χ4n) is 0.631. The maximum absolute atomic E-state index is 11.0. The summed E-state index contributed by atoms with van der Waals surface area (Å²) in [7, 11) is 1.70. The lowest BCUT2D eigenvalue weighted by Crippen LogP contribution is -2.39. The smallest absolute Gasteiger partial charge is 0.239 e. The van der Waals surface area contributed by atoms with Gasteiger partial charge in [-0.25, -0.2) is 0 Å². The molecule has 0 spiro atoms. The molecule has 3 nitrogen and oxygen atoms in total. The van der Waals surface area contributed by atoms with Gasteiger partial charge >= 0.3 is 0 Å². The fourth-order valence-corrected chi connectivity index (χ4v) is 0.631. The van der Waals surface area contributed by atoms with E-state index in [1.165, 1.54) is 4.90 Å². The Morgan fingerprint density at radius 2 is 2.40 bits per heavy atom. The average Bonchev–Trinajstić information content (AvgIpc) is 1.87. The van der Waals surface area contributed by atoms with Crippen molar-refractivity contribution < 1.29 is 4.79 Å². The second-order valence-corrected chi connectivity index (χ2v) is 2.30. The first-order valence-electron chi connectivity index (χ1n) is 3.21. The molecule has 0 aliphatic rings. The highest BCUT2D eigenvalue weighted by Crippen LogP contribution is 1.87. The maximum atomic E-state index is 11.0. The summed E-state index contributed by atoms with van der Waals surface area (Å²) in [6.45, 7) is 5.73. The molecule has 1 amide bonds. The minimum Gasteiger partial charge on any atom is -0.341 e. The monoisotopic (exact) mass is 142 g/mol. The molecule has 0 bridgehead atoms. The van der Waals surface area contributed by atoms with Gasteiger partial charge in [0, 0.05) is 13.6 Å². The number of carbonyl (C=O) groups is 1. The van der Waals surface area contributed by atoms with E-state index in [9.17, 15) is 4.79 Å². The molecule has 0 rings (SSSR count). The predicted octanol–water partition coefficient (Wildman–Crippen LogP) is -0.0220. The largest absolute Gasteiger partial charge is 0.341 e. The number of nitrogens with two attached hydrogens (primary N) is 1. The molecule has 0 aliphatic heterocycles. The predicted molar refractivity (Wildman–Crippen MR) is 41.5 cm³/mol. The van der Waals surface area contributed by atoms with Crippen LogP contribution in [0.1, 0.15) is 6.92 Å². The lowest BCUT2D eigenvalue weighted by Gasteiger charge is -2.16. The summed E-state index contributed by atoms with van der Waals surface area (Å²) < 4.78 is 0. The van der Waals surface area contributed by atoms with Crippen LogP contribution in [0.5, 0.6) is 0 Å². The first-order chi connectivity index (χ1) is 4.59. The van der Waals surface area contributed by atoms with Crippen molar-refractivity contribution in [3.63, 3.8) is 0 Å². The van der Waals surface area contributed by atoms with E-state index in [4.69, 9.17) is 5.73 Å². The Bertz CT molecular complexity index is 132. The van der Waals surface area contributed by atoms with Gasteiger partial charge in [-0.1, -0.05) is 6.08 Å². The van der Waals surface area contributed by atoms with E-state index in [0.29, 0.717) is 6.54 Å². The number of likely N-dealkylation sites (N-methyl/N-ethyl adjacent to an activating group) is 1. The van der Waals surface area contributed by atoms with Gasteiger partial charge in [-0.15, -0.1) is 6.58 Å². The second-order valence-electron chi connectivity index (χ2n) is 2.30. The summed E-state index contributed by atoms with van der Waals surface area (Å²) in [5, 5.41) is 0. The molecular weight excluding hydrogens is 128 g/mol. The van der Waals surface area contributed by atoms with Gasteiger partial charge in [-0.05, 0) is 6.92 Å². The Balaban J connectivity index is 3.81. The highest BCUT2D eigenvalue weighted by Gasteiger charge is 2.10. The summed E-state index contributed by atoms with van der Waals surface area (Å²) in [6, 6.07) is -0.412. The number of nitrogens with zero attached hydrogens (tertiary/aromatic N) is 1. The van der Waals surface area contributed by atoms with Crippen LogP contribution >= 0.6 is 0 Å². The molecule has 0 aromatic rings. The van der Waals surface area contributed by atoms with Crippen molar-refractivity contribution in [3.05, 3.63) is 12.7 Å². The van der Waals surface area contributed by atoms with Crippen LogP contribution in [0.4, 0.5) is 0 Å². The molecular formula is C7H14N2O. The summed E-state index contributed by atoms with van der Waals surface area (Å²) in [5.41, 5.74) is 5.34. The van der Waals surface area contributed by atoms with Crippen molar-refractivity contribution in [3.8, 4) is 0 Å². The number of hydrogen-bond acceptors (Lipinski definition) is 2. The van der Waals surface area contributed by atoms with E-state index in [1.54, 1.807) is 20.0 Å².